The lowest BCUT2D eigenvalue weighted by molar-refractivity contribution is 0.103. The van der Waals surface area contributed by atoms with E-state index in [1.165, 1.54) is 57.7 Å². The third-order valence-corrected chi connectivity index (χ3v) is 7.29. The van der Waals surface area contributed by atoms with Crippen molar-refractivity contribution in [1.82, 2.24) is 0 Å². The highest BCUT2D eigenvalue weighted by atomic mass is 35.5. The van der Waals surface area contributed by atoms with Crippen molar-refractivity contribution in [2.45, 2.75) is 0 Å². The zero-order valence-corrected chi connectivity index (χ0v) is 20.8. The molecule has 0 radical (unpaired) electrons. The number of halogens is 3. The first-order chi connectivity index (χ1) is 15.7. The van der Waals surface area contributed by atoms with Gasteiger partial charge in [0.2, 0.25) is 11.1 Å². The standard InChI is InChI=1S/C23H17Cl3O6P/c1-30-12-10-16(31-2)20(17(11-12)32-3)23(28)33(29)18-7-5-4-6-13(18)22(27)19-14(24)8-9-15(25)21(19)26/h4-11H,1-3H3/q+1. The Bertz CT molecular complexity index is 1250. The minimum atomic E-state index is -2.77. The van der Waals surface area contributed by atoms with Crippen molar-refractivity contribution in [3.63, 3.8) is 0 Å². The van der Waals surface area contributed by atoms with Gasteiger partial charge in [-0.25, -0.2) is 4.79 Å². The molecule has 3 aromatic rings. The van der Waals surface area contributed by atoms with Crippen LogP contribution in [-0.2, 0) is 4.57 Å². The van der Waals surface area contributed by atoms with Gasteiger partial charge < -0.3 is 14.2 Å². The summed E-state index contributed by atoms with van der Waals surface area (Å²) in [5, 5.41) is 0.179. The van der Waals surface area contributed by atoms with Crippen molar-refractivity contribution in [2.24, 2.45) is 0 Å². The second-order valence-corrected chi connectivity index (χ2v) is 9.24. The Balaban J connectivity index is 2.13. The summed E-state index contributed by atoms with van der Waals surface area (Å²) in [6.07, 6.45) is 0. The van der Waals surface area contributed by atoms with E-state index in [0.717, 1.165) is 0 Å². The van der Waals surface area contributed by atoms with Gasteiger partial charge >= 0.3 is 13.3 Å². The highest BCUT2D eigenvalue weighted by Crippen LogP contribution is 2.41. The van der Waals surface area contributed by atoms with E-state index in [1.807, 2.05) is 0 Å². The molecule has 3 rings (SSSR count). The van der Waals surface area contributed by atoms with Crippen LogP contribution in [0.1, 0.15) is 26.3 Å². The molecule has 0 fully saturated rings. The number of carbonyl (C=O) groups excluding carboxylic acids is 2. The van der Waals surface area contributed by atoms with Gasteiger partial charge in [-0.3, -0.25) is 4.79 Å². The lowest BCUT2D eigenvalue weighted by atomic mass is 10.0. The normalized spacial score (nSPS) is 11.0. The van der Waals surface area contributed by atoms with Crippen LogP contribution in [0.4, 0.5) is 0 Å². The fourth-order valence-corrected chi connectivity index (χ4v) is 5.10. The molecule has 0 aromatic heterocycles. The molecule has 0 N–H and O–H groups in total. The molecule has 10 heteroatoms. The molecule has 0 saturated heterocycles. The average Bonchev–Trinajstić information content (AvgIpc) is 2.84. The maximum Gasteiger partial charge on any atom is 0.459 e. The number of hydrogen-bond donors (Lipinski definition) is 0. The molecule has 1 unspecified atom stereocenters. The first-order valence-corrected chi connectivity index (χ1v) is 11.7. The third-order valence-electron chi connectivity index (χ3n) is 4.75. The predicted molar refractivity (Wildman–Crippen MR) is 129 cm³/mol. The van der Waals surface area contributed by atoms with Gasteiger partial charge in [-0.2, -0.15) is 0 Å². The monoisotopic (exact) mass is 525 g/mol. The van der Waals surface area contributed by atoms with E-state index in [9.17, 15) is 14.2 Å². The summed E-state index contributed by atoms with van der Waals surface area (Å²) in [6, 6.07) is 11.8. The Labute approximate surface area is 206 Å². The van der Waals surface area contributed by atoms with Crippen molar-refractivity contribution < 1.29 is 28.4 Å². The number of rotatable bonds is 8. The molecular formula is C23H17Cl3O6P+. The number of ketones is 1. The van der Waals surface area contributed by atoms with E-state index in [1.54, 1.807) is 12.1 Å². The molecule has 0 spiro atoms. The minimum absolute atomic E-state index is 0.00414. The maximum absolute atomic E-state index is 13.4. The fraction of sp³-hybridized carbons (Fsp3) is 0.130. The summed E-state index contributed by atoms with van der Waals surface area (Å²) in [5.41, 5.74) is -0.869. The molecule has 0 aliphatic heterocycles. The lowest BCUT2D eigenvalue weighted by Crippen LogP contribution is -2.17. The number of benzene rings is 3. The van der Waals surface area contributed by atoms with Crippen LogP contribution in [0.2, 0.25) is 15.1 Å². The van der Waals surface area contributed by atoms with Crippen molar-refractivity contribution >= 4 is 59.2 Å². The van der Waals surface area contributed by atoms with E-state index >= 15 is 0 Å². The molecule has 33 heavy (non-hydrogen) atoms. The van der Waals surface area contributed by atoms with Gasteiger partial charge in [0.25, 0.3) is 0 Å². The maximum atomic E-state index is 13.4. The summed E-state index contributed by atoms with van der Waals surface area (Å²) in [4.78, 5) is 26.7. The first kappa shape index (κ1) is 25.0. The smallest absolute Gasteiger partial charge is 0.459 e. The third kappa shape index (κ3) is 4.85. The Kier molecular flexibility index (Phi) is 7.98. The topological polar surface area (TPSA) is 78.9 Å². The van der Waals surface area contributed by atoms with Crippen molar-refractivity contribution in [1.29, 1.82) is 0 Å². The molecule has 0 heterocycles. The van der Waals surface area contributed by atoms with Gasteiger partial charge in [-0.05, 0) is 24.3 Å². The second-order valence-electron chi connectivity index (χ2n) is 6.57. The lowest BCUT2D eigenvalue weighted by Gasteiger charge is -2.11. The van der Waals surface area contributed by atoms with Crippen molar-refractivity contribution in [3.05, 3.63) is 80.3 Å². The van der Waals surface area contributed by atoms with Crippen LogP contribution in [-0.4, -0.2) is 32.6 Å². The average molecular weight is 527 g/mol. The van der Waals surface area contributed by atoms with E-state index in [4.69, 9.17) is 49.0 Å². The molecule has 170 valence electrons. The largest absolute Gasteiger partial charge is 0.496 e. The molecule has 0 bridgehead atoms. The van der Waals surface area contributed by atoms with Gasteiger partial charge in [0, 0.05) is 12.1 Å². The number of carbonyl (C=O) groups is 2. The summed E-state index contributed by atoms with van der Waals surface area (Å²) in [6.45, 7) is 0. The number of hydrogen-bond acceptors (Lipinski definition) is 6. The summed E-state index contributed by atoms with van der Waals surface area (Å²) >= 11 is 18.5. The Morgan fingerprint density at radius 3 is 1.94 bits per heavy atom. The number of methoxy groups -OCH3 is 3. The summed E-state index contributed by atoms with van der Waals surface area (Å²) in [5.74, 6) is -0.00205. The van der Waals surface area contributed by atoms with Crippen LogP contribution >= 0.6 is 42.6 Å². The van der Waals surface area contributed by atoms with E-state index < -0.39 is 19.1 Å². The van der Waals surface area contributed by atoms with E-state index in [0.29, 0.717) is 5.75 Å². The van der Waals surface area contributed by atoms with E-state index in [-0.39, 0.29) is 48.6 Å². The van der Waals surface area contributed by atoms with Gasteiger partial charge in [0.1, 0.15) is 17.2 Å². The number of ether oxygens (including phenoxy) is 3. The van der Waals surface area contributed by atoms with Crippen LogP contribution in [0.25, 0.3) is 0 Å². The molecule has 0 saturated carbocycles. The first-order valence-electron chi connectivity index (χ1n) is 9.33. The molecule has 6 nitrogen and oxygen atoms in total. The van der Waals surface area contributed by atoms with Crippen molar-refractivity contribution in [2.75, 3.05) is 21.3 Å². The quantitative estimate of drug-likeness (QED) is 0.198. The fourth-order valence-electron chi connectivity index (χ4n) is 3.14. The Morgan fingerprint density at radius 1 is 0.788 bits per heavy atom. The van der Waals surface area contributed by atoms with E-state index in [2.05, 4.69) is 0 Å². The van der Waals surface area contributed by atoms with Gasteiger partial charge in [0.05, 0.1) is 47.5 Å². The summed E-state index contributed by atoms with van der Waals surface area (Å²) < 4.78 is 29.2. The Hall–Kier alpha value is -2.63. The zero-order valence-electron chi connectivity index (χ0n) is 17.6. The highest BCUT2D eigenvalue weighted by Gasteiger charge is 2.41. The molecular weight excluding hydrogens is 510 g/mol. The van der Waals surface area contributed by atoms with Crippen LogP contribution in [0.5, 0.6) is 17.2 Å². The molecule has 1 atom stereocenters. The van der Waals surface area contributed by atoms with Crippen LogP contribution in [0, 0.1) is 0 Å². The SMILES string of the molecule is COc1cc(OC)c(C(=O)[P+](=O)c2ccccc2C(=O)c2c(Cl)ccc(Cl)c2Cl)c(OC)c1. The van der Waals surface area contributed by atoms with Gasteiger partial charge in [-0.15, -0.1) is 0 Å². The molecule has 0 aliphatic rings. The second kappa shape index (κ2) is 10.5. The molecule has 3 aromatic carbocycles. The van der Waals surface area contributed by atoms with Crippen molar-refractivity contribution in [3.8, 4) is 17.2 Å². The highest BCUT2D eigenvalue weighted by molar-refractivity contribution is 7.71. The predicted octanol–water partition coefficient (Wildman–Crippen LogP) is 6.20. The van der Waals surface area contributed by atoms with Crippen LogP contribution in [0.15, 0.2) is 48.5 Å². The zero-order chi connectivity index (χ0) is 24.3. The van der Waals surface area contributed by atoms with Gasteiger partial charge in [-0.1, -0.05) is 51.5 Å². The van der Waals surface area contributed by atoms with Crippen LogP contribution < -0.4 is 19.5 Å². The minimum Gasteiger partial charge on any atom is -0.496 e. The molecule has 0 aliphatic carbocycles. The summed E-state index contributed by atoms with van der Waals surface area (Å²) in [7, 11) is 1.40. The van der Waals surface area contributed by atoms with Crippen LogP contribution in [0.3, 0.4) is 0 Å². The Morgan fingerprint density at radius 2 is 1.36 bits per heavy atom. The van der Waals surface area contributed by atoms with Gasteiger partial charge in [0.15, 0.2) is 5.56 Å². The molecule has 0 amide bonds.